The van der Waals surface area contributed by atoms with Crippen molar-refractivity contribution < 1.29 is 13.6 Å². The highest BCUT2D eigenvalue weighted by atomic mass is 16.5. The van der Waals surface area contributed by atoms with Crippen molar-refractivity contribution in [3.8, 4) is 5.75 Å². The van der Waals surface area contributed by atoms with Gasteiger partial charge in [-0.05, 0) is 24.3 Å². The molecule has 0 bridgehead atoms. The minimum Gasteiger partial charge on any atom is -0.482 e. The average Bonchev–Trinajstić information content (AvgIpc) is 2.96. The zero-order valence-corrected chi connectivity index (χ0v) is 8.55. The van der Waals surface area contributed by atoms with E-state index in [1.54, 1.807) is 12.5 Å². The van der Waals surface area contributed by atoms with Gasteiger partial charge < -0.3 is 13.6 Å². The standard InChI is InChI=1S/C13H10O3/c1-2-6-12-11(5-1)13(9-16-12)15-8-10-4-3-7-14-10/h1-7,9H,8H2. The Kier molecular flexibility index (Phi) is 2.14. The molecule has 16 heavy (non-hydrogen) atoms. The lowest BCUT2D eigenvalue weighted by Crippen LogP contribution is -1.92. The van der Waals surface area contributed by atoms with Gasteiger partial charge in [-0.1, -0.05) is 12.1 Å². The SMILES string of the molecule is c1coc(COc2coc3ccccc23)c1. The summed E-state index contributed by atoms with van der Waals surface area (Å²) in [5.74, 6) is 1.54. The first-order valence-electron chi connectivity index (χ1n) is 5.05. The highest BCUT2D eigenvalue weighted by Crippen LogP contribution is 2.28. The fraction of sp³-hybridized carbons (Fsp3) is 0.0769. The van der Waals surface area contributed by atoms with E-state index >= 15 is 0 Å². The maximum absolute atomic E-state index is 5.62. The molecule has 0 fully saturated rings. The Morgan fingerprint density at radius 3 is 2.81 bits per heavy atom. The van der Waals surface area contributed by atoms with Crippen molar-refractivity contribution in [1.82, 2.24) is 0 Å². The Bertz CT molecular complexity index is 578. The smallest absolute Gasteiger partial charge is 0.165 e. The fourth-order valence-corrected chi connectivity index (χ4v) is 1.61. The molecule has 0 spiro atoms. The average molecular weight is 214 g/mol. The number of furan rings is 2. The molecule has 3 rings (SSSR count). The van der Waals surface area contributed by atoms with E-state index in [1.165, 1.54) is 0 Å². The number of benzene rings is 1. The Morgan fingerprint density at radius 1 is 1.00 bits per heavy atom. The predicted molar refractivity (Wildman–Crippen MR) is 59.3 cm³/mol. The molecule has 1 aromatic carbocycles. The van der Waals surface area contributed by atoms with Crippen LogP contribution in [0.4, 0.5) is 0 Å². The summed E-state index contributed by atoms with van der Waals surface area (Å²) in [4.78, 5) is 0. The Balaban J connectivity index is 1.84. The van der Waals surface area contributed by atoms with Gasteiger partial charge in [-0.15, -0.1) is 0 Å². The van der Waals surface area contributed by atoms with Crippen LogP contribution in [0.5, 0.6) is 5.75 Å². The predicted octanol–water partition coefficient (Wildman–Crippen LogP) is 3.60. The van der Waals surface area contributed by atoms with Gasteiger partial charge in [-0.2, -0.15) is 0 Å². The number of hydrogen-bond donors (Lipinski definition) is 0. The molecule has 3 nitrogen and oxygen atoms in total. The van der Waals surface area contributed by atoms with E-state index in [9.17, 15) is 0 Å². The van der Waals surface area contributed by atoms with Gasteiger partial charge in [0.25, 0.3) is 0 Å². The van der Waals surface area contributed by atoms with Crippen molar-refractivity contribution in [2.75, 3.05) is 0 Å². The number of hydrogen-bond acceptors (Lipinski definition) is 3. The van der Waals surface area contributed by atoms with Crippen LogP contribution < -0.4 is 4.74 Å². The maximum atomic E-state index is 5.62. The van der Waals surface area contributed by atoms with Crippen LogP contribution in [0, 0.1) is 0 Å². The van der Waals surface area contributed by atoms with E-state index < -0.39 is 0 Å². The van der Waals surface area contributed by atoms with Crippen LogP contribution in [0.2, 0.25) is 0 Å². The van der Waals surface area contributed by atoms with Crippen molar-refractivity contribution in [3.05, 3.63) is 54.7 Å². The lowest BCUT2D eigenvalue weighted by molar-refractivity contribution is 0.270. The number of ether oxygens (including phenoxy) is 1. The summed E-state index contributed by atoms with van der Waals surface area (Å²) in [6, 6.07) is 11.5. The third-order valence-corrected chi connectivity index (χ3v) is 2.40. The van der Waals surface area contributed by atoms with E-state index in [-0.39, 0.29) is 0 Å². The van der Waals surface area contributed by atoms with Gasteiger partial charge in [0.05, 0.1) is 11.6 Å². The first-order valence-corrected chi connectivity index (χ1v) is 5.05. The Labute approximate surface area is 92.2 Å². The van der Waals surface area contributed by atoms with Crippen LogP contribution in [0.1, 0.15) is 5.76 Å². The normalized spacial score (nSPS) is 10.8. The number of para-hydroxylation sites is 1. The number of fused-ring (bicyclic) bond motifs is 1. The van der Waals surface area contributed by atoms with E-state index in [4.69, 9.17) is 13.6 Å². The minimum absolute atomic E-state index is 0.413. The topological polar surface area (TPSA) is 35.5 Å². The third kappa shape index (κ3) is 1.56. The van der Waals surface area contributed by atoms with E-state index in [1.807, 2.05) is 36.4 Å². The summed E-state index contributed by atoms with van der Waals surface area (Å²) in [5, 5.41) is 0.981. The molecule has 0 radical (unpaired) electrons. The van der Waals surface area contributed by atoms with Crippen molar-refractivity contribution >= 4 is 11.0 Å². The quantitative estimate of drug-likeness (QED) is 0.668. The van der Waals surface area contributed by atoms with Gasteiger partial charge in [0.1, 0.15) is 24.2 Å². The zero-order valence-electron chi connectivity index (χ0n) is 8.55. The Morgan fingerprint density at radius 2 is 1.94 bits per heavy atom. The van der Waals surface area contributed by atoms with Crippen LogP contribution >= 0.6 is 0 Å². The van der Waals surface area contributed by atoms with Gasteiger partial charge in [0, 0.05) is 0 Å². The van der Waals surface area contributed by atoms with Gasteiger partial charge in [-0.25, -0.2) is 0 Å². The molecule has 0 aliphatic carbocycles. The Hall–Kier alpha value is -2.16. The highest BCUT2D eigenvalue weighted by Gasteiger charge is 2.06. The van der Waals surface area contributed by atoms with Gasteiger partial charge in [-0.3, -0.25) is 0 Å². The van der Waals surface area contributed by atoms with Gasteiger partial charge in [0.15, 0.2) is 5.75 Å². The molecule has 0 unspecified atom stereocenters. The third-order valence-electron chi connectivity index (χ3n) is 2.40. The monoisotopic (exact) mass is 214 g/mol. The number of rotatable bonds is 3. The summed E-state index contributed by atoms with van der Waals surface area (Å²) < 4.78 is 16.2. The summed E-state index contributed by atoms with van der Waals surface area (Å²) in [6.45, 7) is 0.413. The van der Waals surface area contributed by atoms with Crippen LogP contribution in [0.15, 0.2) is 57.8 Å². The van der Waals surface area contributed by atoms with Crippen LogP contribution in [0.25, 0.3) is 11.0 Å². The zero-order chi connectivity index (χ0) is 10.8. The molecule has 3 heteroatoms. The molecule has 0 saturated carbocycles. The second-order valence-electron chi connectivity index (χ2n) is 3.46. The first kappa shape index (κ1) is 9.09. The van der Waals surface area contributed by atoms with Crippen molar-refractivity contribution in [2.45, 2.75) is 6.61 Å². The molecule has 3 aromatic rings. The second-order valence-corrected chi connectivity index (χ2v) is 3.46. The molecular formula is C13H10O3. The van der Waals surface area contributed by atoms with Gasteiger partial charge in [0.2, 0.25) is 0 Å². The maximum Gasteiger partial charge on any atom is 0.165 e. The molecule has 0 N–H and O–H groups in total. The van der Waals surface area contributed by atoms with E-state index in [0.717, 1.165) is 22.5 Å². The second kappa shape index (κ2) is 3.77. The lowest BCUT2D eigenvalue weighted by atomic mass is 10.2. The van der Waals surface area contributed by atoms with Crippen molar-refractivity contribution in [1.29, 1.82) is 0 Å². The molecule has 0 atom stereocenters. The molecule has 2 heterocycles. The minimum atomic E-state index is 0.413. The first-order chi connectivity index (χ1) is 7.93. The van der Waals surface area contributed by atoms with Crippen molar-refractivity contribution in [3.63, 3.8) is 0 Å². The lowest BCUT2D eigenvalue weighted by Gasteiger charge is -2.00. The molecule has 0 saturated heterocycles. The summed E-state index contributed by atoms with van der Waals surface area (Å²) in [6.07, 6.45) is 3.25. The van der Waals surface area contributed by atoms with Crippen LogP contribution in [-0.2, 0) is 6.61 Å². The van der Waals surface area contributed by atoms with Gasteiger partial charge >= 0.3 is 0 Å². The summed E-state index contributed by atoms with van der Waals surface area (Å²) in [5.41, 5.74) is 0.831. The largest absolute Gasteiger partial charge is 0.482 e. The fourth-order valence-electron chi connectivity index (χ4n) is 1.61. The van der Waals surface area contributed by atoms with E-state index in [2.05, 4.69) is 0 Å². The molecule has 2 aromatic heterocycles. The molecule has 0 aliphatic rings. The summed E-state index contributed by atoms with van der Waals surface area (Å²) >= 11 is 0. The molecule has 0 amide bonds. The molecule has 80 valence electrons. The van der Waals surface area contributed by atoms with E-state index in [0.29, 0.717) is 6.61 Å². The molecule has 0 aliphatic heterocycles. The van der Waals surface area contributed by atoms with Crippen LogP contribution in [-0.4, -0.2) is 0 Å². The highest BCUT2D eigenvalue weighted by molar-refractivity contribution is 5.83. The van der Waals surface area contributed by atoms with Crippen molar-refractivity contribution in [2.24, 2.45) is 0 Å². The van der Waals surface area contributed by atoms with Crippen LogP contribution in [0.3, 0.4) is 0 Å². The summed E-state index contributed by atoms with van der Waals surface area (Å²) in [7, 11) is 0. The molecular weight excluding hydrogens is 204 g/mol.